The Morgan fingerprint density at radius 2 is 2.11 bits per heavy atom. The highest BCUT2D eigenvalue weighted by Gasteiger charge is 2.20. The number of hydrogen-bond donors (Lipinski definition) is 1. The minimum atomic E-state index is -0.0683. The summed E-state index contributed by atoms with van der Waals surface area (Å²) >= 11 is 0. The molecule has 2 rings (SSSR count). The monoisotopic (exact) mass is 272 g/mol. The Morgan fingerprint density at radius 3 is 2.78 bits per heavy atom. The van der Waals surface area contributed by atoms with Crippen molar-refractivity contribution in [2.75, 3.05) is 20.4 Å². The van der Waals surface area contributed by atoms with E-state index >= 15 is 0 Å². The van der Waals surface area contributed by atoms with Crippen LogP contribution < -0.4 is 15.2 Å². The molecule has 0 saturated carbocycles. The first-order valence-electron chi connectivity index (χ1n) is 5.50. The number of benzene rings is 1. The number of amides is 1. The molecule has 0 radical (unpaired) electrons. The van der Waals surface area contributed by atoms with Crippen molar-refractivity contribution in [3.05, 3.63) is 23.8 Å². The van der Waals surface area contributed by atoms with Crippen LogP contribution in [0.15, 0.2) is 18.2 Å². The lowest BCUT2D eigenvalue weighted by Gasteiger charge is -2.23. The van der Waals surface area contributed by atoms with Crippen LogP contribution in [0, 0.1) is 0 Å². The molecule has 0 spiro atoms. The van der Waals surface area contributed by atoms with Gasteiger partial charge in [0, 0.05) is 25.2 Å². The van der Waals surface area contributed by atoms with Gasteiger partial charge in [-0.2, -0.15) is 0 Å². The molecule has 0 bridgehead atoms. The summed E-state index contributed by atoms with van der Waals surface area (Å²) in [5, 5.41) is 0. The maximum Gasteiger partial charge on any atom is 0.254 e. The topological polar surface area (TPSA) is 64.8 Å². The minimum Gasteiger partial charge on any atom is -0.454 e. The van der Waals surface area contributed by atoms with E-state index in [1.807, 2.05) is 6.92 Å². The zero-order valence-electron chi connectivity index (χ0n) is 10.4. The number of carbonyl (C=O) groups is 1. The lowest BCUT2D eigenvalue weighted by molar-refractivity contribution is 0.0748. The SMILES string of the molecule is CC(CN)N(C)C(=O)c1ccc2c(c1)OCO2.Cl. The predicted molar refractivity (Wildman–Crippen MR) is 70.4 cm³/mol. The Balaban J connectivity index is 0.00000162. The highest BCUT2D eigenvalue weighted by molar-refractivity contribution is 5.95. The fourth-order valence-electron chi connectivity index (χ4n) is 1.59. The number of hydrogen-bond acceptors (Lipinski definition) is 4. The number of nitrogens with zero attached hydrogens (tertiary/aromatic N) is 1. The molecular formula is C12H17ClN2O3. The number of ether oxygens (including phenoxy) is 2. The van der Waals surface area contributed by atoms with E-state index in [0.717, 1.165) is 0 Å². The number of fused-ring (bicyclic) bond motifs is 1. The molecule has 5 nitrogen and oxygen atoms in total. The fourth-order valence-corrected chi connectivity index (χ4v) is 1.59. The van der Waals surface area contributed by atoms with E-state index < -0.39 is 0 Å². The van der Waals surface area contributed by atoms with Crippen molar-refractivity contribution in [1.29, 1.82) is 0 Å². The van der Waals surface area contributed by atoms with E-state index in [0.29, 0.717) is 23.6 Å². The summed E-state index contributed by atoms with van der Waals surface area (Å²) in [7, 11) is 1.74. The molecule has 1 unspecified atom stereocenters. The lowest BCUT2D eigenvalue weighted by Crippen LogP contribution is -2.39. The fraction of sp³-hybridized carbons (Fsp3) is 0.417. The van der Waals surface area contributed by atoms with E-state index in [-0.39, 0.29) is 31.1 Å². The first-order chi connectivity index (χ1) is 8.13. The number of carbonyl (C=O) groups excluding carboxylic acids is 1. The molecule has 0 aromatic heterocycles. The molecule has 1 aromatic carbocycles. The summed E-state index contributed by atoms with van der Waals surface area (Å²) in [5.74, 6) is 1.22. The highest BCUT2D eigenvalue weighted by atomic mass is 35.5. The first-order valence-corrected chi connectivity index (χ1v) is 5.50. The summed E-state index contributed by atoms with van der Waals surface area (Å²) < 4.78 is 10.4. The van der Waals surface area contributed by atoms with Crippen LogP contribution in [0.2, 0.25) is 0 Å². The summed E-state index contributed by atoms with van der Waals surface area (Å²) in [6.07, 6.45) is 0. The van der Waals surface area contributed by atoms with E-state index in [2.05, 4.69) is 0 Å². The van der Waals surface area contributed by atoms with E-state index in [4.69, 9.17) is 15.2 Å². The Bertz CT molecular complexity index is 439. The molecule has 1 heterocycles. The molecule has 1 atom stereocenters. The van der Waals surface area contributed by atoms with Crippen molar-refractivity contribution in [2.45, 2.75) is 13.0 Å². The smallest absolute Gasteiger partial charge is 0.254 e. The normalized spacial score (nSPS) is 13.7. The number of rotatable bonds is 3. The highest BCUT2D eigenvalue weighted by Crippen LogP contribution is 2.32. The third-order valence-corrected chi connectivity index (χ3v) is 2.94. The second-order valence-corrected chi connectivity index (χ2v) is 4.07. The van der Waals surface area contributed by atoms with Gasteiger partial charge in [0.25, 0.3) is 5.91 Å². The first kappa shape index (κ1) is 14.6. The van der Waals surface area contributed by atoms with Gasteiger partial charge in [0.1, 0.15) is 0 Å². The van der Waals surface area contributed by atoms with Gasteiger partial charge in [0.05, 0.1) is 0 Å². The number of halogens is 1. The van der Waals surface area contributed by atoms with E-state index in [1.54, 1.807) is 30.1 Å². The van der Waals surface area contributed by atoms with Crippen LogP contribution in [-0.4, -0.2) is 37.2 Å². The third kappa shape index (κ3) is 2.68. The summed E-state index contributed by atoms with van der Waals surface area (Å²) in [6.45, 7) is 2.56. The third-order valence-electron chi connectivity index (χ3n) is 2.94. The molecule has 1 aliphatic heterocycles. The van der Waals surface area contributed by atoms with Crippen LogP contribution in [0.5, 0.6) is 11.5 Å². The van der Waals surface area contributed by atoms with Gasteiger partial charge in [-0.1, -0.05) is 0 Å². The van der Waals surface area contributed by atoms with Crippen LogP contribution in [-0.2, 0) is 0 Å². The van der Waals surface area contributed by atoms with Crippen molar-refractivity contribution >= 4 is 18.3 Å². The molecule has 2 N–H and O–H groups in total. The average Bonchev–Trinajstić information content (AvgIpc) is 2.83. The zero-order valence-corrected chi connectivity index (χ0v) is 11.2. The van der Waals surface area contributed by atoms with E-state index in [1.165, 1.54) is 0 Å². The maximum atomic E-state index is 12.1. The molecule has 0 fully saturated rings. The Hall–Kier alpha value is -1.46. The number of nitrogens with two attached hydrogens (primary N) is 1. The Labute approximate surface area is 112 Å². The van der Waals surface area contributed by atoms with Gasteiger partial charge in [0.15, 0.2) is 11.5 Å². The van der Waals surface area contributed by atoms with Gasteiger partial charge in [-0.25, -0.2) is 0 Å². The quantitative estimate of drug-likeness (QED) is 0.900. The minimum absolute atomic E-state index is 0. The van der Waals surface area contributed by atoms with Gasteiger partial charge in [-0.3, -0.25) is 4.79 Å². The van der Waals surface area contributed by atoms with Crippen LogP contribution in [0.25, 0.3) is 0 Å². The molecular weight excluding hydrogens is 256 g/mol. The van der Waals surface area contributed by atoms with Gasteiger partial charge < -0.3 is 20.1 Å². The molecule has 18 heavy (non-hydrogen) atoms. The van der Waals surface area contributed by atoms with Crippen LogP contribution >= 0.6 is 12.4 Å². The van der Waals surface area contributed by atoms with Gasteiger partial charge in [-0.05, 0) is 25.1 Å². The average molecular weight is 273 g/mol. The summed E-state index contributed by atoms with van der Waals surface area (Å²) in [5.41, 5.74) is 6.12. The van der Waals surface area contributed by atoms with Crippen LogP contribution in [0.4, 0.5) is 0 Å². The van der Waals surface area contributed by atoms with Gasteiger partial charge in [-0.15, -0.1) is 12.4 Å². The van der Waals surface area contributed by atoms with Crippen molar-refractivity contribution in [2.24, 2.45) is 5.73 Å². The van der Waals surface area contributed by atoms with Crippen molar-refractivity contribution in [3.8, 4) is 11.5 Å². The van der Waals surface area contributed by atoms with Crippen molar-refractivity contribution < 1.29 is 14.3 Å². The largest absolute Gasteiger partial charge is 0.454 e. The van der Waals surface area contributed by atoms with Gasteiger partial charge >= 0.3 is 0 Å². The summed E-state index contributed by atoms with van der Waals surface area (Å²) in [6, 6.07) is 5.18. The standard InChI is InChI=1S/C12H16N2O3.ClH/c1-8(6-13)14(2)12(15)9-3-4-10-11(5-9)17-7-16-10;/h3-5,8H,6-7,13H2,1-2H3;1H. The predicted octanol–water partition coefficient (Wildman–Crippen LogP) is 1.26. The molecule has 6 heteroatoms. The Morgan fingerprint density at radius 1 is 1.44 bits per heavy atom. The van der Waals surface area contributed by atoms with Gasteiger partial charge in [0.2, 0.25) is 6.79 Å². The summed E-state index contributed by atoms with van der Waals surface area (Å²) in [4.78, 5) is 13.7. The van der Waals surface area contributed by atoms with E-state index in [9.17, 15) is 4.79 Å². The van der Waals surface area contributed by atoms with Crippen LogP contribution in [0.1, 0.15) is 17.3 Å². The zero-order chi connectivity index (χ0) is 12.4. The molecule has 0 aliphatic carbocycles. The van der Waals surface area contributed by atoms with Crippen LogP contribution in [0.3, 0.4) is 0 Å². The second kappa shape index (κ2) is 5.93. The van der Waals surface area contributed by atoms with Crippen molar-refractivity contribution in [1.82, 2.24) is 4.90 Å². The second-order valence-electron chi connectivity index (χ2n) is 4.07. The number of likely N-dealkylation sites (N-methyl/N-ethyl adjacent to an activating group) is 1. The molecule has 100 valence electrons. The molecule has 1 aromatic rings. The molecule has 1 aliphatic rings. The van der Waals surface area contributed by atoms with Crippen molar-refractivity contribution in [3.63, 3.8) is 0 Å². The molecule has 0 saturated heterocycles. The maximum absolute atomic E-state index is 12.1. The Kier molecular flexibility index (Phi) is 4.81. The lowest BCUT2D eigenvalue weighted by atomic mass is 10.1. The molecule has 1 amide bonds.